The minimum Gasteiger partial charge on any atom is -0.484 e. The predicted octanol–water partition coefficient (Wildman–Crippen LogP) is 4.37. The SMILES string of the molecule is N#Cc1ccc(CSc2nnc(NC(=O)COc3ccc(Cl)cc3)s2)cc1. The van der Waals surface area contributed by atoms with Gasteiger partial charge in [0.1, 0.15) is 5.75 Å². The maximum absolute atomic E-state index is 11.9. The van der Waals surface area contributed by atoms with Crippen molar-refractivity contribution in [2.24, 2.45) is 0 Å². The van der Waals surface area contributed by atoms with Crippen LogP contribution in [-0.2, 0) is 10.5 Å². The second-order valence-corrected chi connectivity index (χ2v) is 7.90. The average Bonchev–Trinajstić information content (AvgIpc) is 3.13. The van der Waals surface area contributed by atoms with Crippen molar-refractivity contribution in [2.75, 3.05) is 11.9 Å². The molecule has 27 heavy (non-hydrogen) atoms. The molecule has 1 heterocycles. The van der Waals surface area contributed by atoms with Crippen molar-refractivity contribution in [3.8, 4) is 11.8 Å². The Labute approximate surface area is 169 Å². The van der Waals surface area contributed by atoms with E-state index in [0.29, 0.717) is 27.2 Å². The van der Waals surface area contributed by atoms with Crippen molar-refractivity contribution < 1.29 is 9.53 Å². The summed E-state index contributed by atoms with van der Waals surface area (Å²) in [5, 5.41) is 20.5. The first-order chi connectivity index (χ1) is 13.1. The quantitative estimate of drug-likeness (QED) is 0.454. The van der Waals surface area contributed by atoms with Crippen LogP contribution in [0.2, 0.25) is 5.02 Å². The summed E-state index contributed by atoms with van der Waals surface area (Å²) in [7, 11) is 0. The first-order valence-corrected chi connectivity index (χ1v) is 9.94. The van der Waals surface area contributed by atoms with Gasteiger partial charge in [-0.05, 0) is 42.0 Å². The molecule has 0 atom stereocenters. The van der Waals surface area contributed by atoms with Crippen LogP contribution in [0.5, 0.6) is 5.75 Å². The van der Waals surface area contributed by atoms with E-state index in [1.165, 1.54) is 23.1 Å². The van der Waals surface area contributed by atoms with Gasteiger partial charge in [0.15, 0.2) is 10.9 Å². The third-order valence-electron chi connectivity index (χ3n) is 3.28. The van der Waals surface area contributed by atoms with E-state index in [2.05, 4.69) is 21.6 Å². The Morgan fingerprint density at radius 3 is 2.63 bits per heavy atom. The van der Waals surface area contributed by atoms with Gasteiger partial charge in [0.25, 0.3) is 5.91 Å². The summed E-state index contributed by atoms with van der Waals surface area (Å²) in [6.07, 6.45) is 0. The molecule has 0 spiro atoms. The Bertz CT molecular complexity index is 953. The van der Waals surface area contributed by atoms with Crippen LogP contribution in [0.4, 0.5) is 5.13 Å². The number of aromatic nitrogens is 2. The molecule has 0 radical (unpaired) electrons. The molecule has 1 aromatic heterocycles. The lowest BCUT2D eigenvalue weighted by molar-refractivity contribution is -0.118. The van der Waals surface area contributed by atoms with Gasteiger partial charge in [-0.15, -0.1) is 10.2 Å². The van der Waals surface area contributed by atoms with Crippen LogP contribution in [0.15, 0.2) is 52.9 Å². The summed E-state index contributed by atoms with van der Waals surface area (Å²) < 4.78 is 6.13. The summed E-state index contributed by atoms with van der Waals surface area (Å²) in [6, 6.07) is 16.2. The van der Waals surface area contributed by atoms with Crippen LogP contribution in [0.25, 0.3) is 0 Å². The maximum Gasteiger partial charge on any atom is 0.264 e. The minimum absolute atomic E-state index is 0.130. The van der Waals surface area contributed by atoms with E-state index >= 15 is 0 Å². The van der Waals surface area contributed by atoms with Gasteiger partial charge in [0.2, 0.25) is 5.13 Å². The number of carbonyl (C=O) groups excluding carboxylic acids is 1. The largest absolute Gasteiger partial charge is 0.484 e. The number of anilines is 1. The number of ether oxygens (including phenoxy) is 1. The highest BCUT2D eigenvalue weighted by Gasteiger charge is 2.10. The van der Waals surface area contributed by atoms with Crippen LogP contribution >= 0.6 is 34.7 Å². The Kier molecular flexibility index (Phi) is 6.65. The van der Waals surface area contributed by atoms with Crippen molar-refractivity contribution >= 4 is 45.7 Å². The number of hydrogen-bond donors (Lipinski definition) is 1. The molecule has 0 saturated heterocycles. The fourth-order valence-electron chi connectivity index (χ4n) is 1.97. The van der Waals surface area contributed by atoms with Crippen molar-refractivity contribution in [1.82, 2.24) is 10.2 Å². The number of nitrogens with one attached hydrogen (secondary N) is 1. The Hall–Kier alpha value is -2.60. The smallest absolute Gasteiger partial charge is 0.264 e. The van der Waals surface area contributed by atoms with Crippen LogP contribution in [0.3, 0.4) is 0 Å². The van der Waals surface area contributed by atoms with E-state index in [-0.39, 0.29) is 12.5 Å². The molecule has 136 valence electrons. The molecule has 3 rings (SSSR count). The molecule has 6 nitrogen and oxygen atoms in total. The van der Waals surface area contributed by atoms with Crippen molar-refractivity contribution in [1.29, 1.82) is 5.26 Å². The van der Waals surface area contributed by atoms with Gasteiger partial charge in [-0.25, -0.2) is 0 Å². The fraction of sp³-hybridized carbons (Fsp3) is 0.111. The van der Waals surface area contributed by atoms with E-state index in [9.17, 15) is 4.79 Å². The number of benzene rings is 2. The highest BCUT2D eigenvalue weighted by Crippen LogP contribution is 2.28. The zero-order chi connectivity index (χ0) is 19.1. The number of nitrogens with zero attached hydrogens (tertiary/aromatic N) is 3. The molecular formula is C18H13ClN4O2S2. The Morgan fingerprint density at radius 2 is 1.93 bits per heavy atom. The van der Waals surface area contributed by atoms with Crippen LogP contribution in [0.1, 0.15) is 11.1 Å². The zero-order valence-corrected chi connectivity index (χ0v) is 16.3. The van der Waals surface area contributed by atoms with Gasteiger partial charge in [-0.2, -0.15) is 5.26 Å². The molecule has 0 bridgehead atoms. The van der Waals surface area contributed by atoms with Crippen molar-refractivity contribution in [3.05, 3.63) is 64.7 Å². The monoisotopic (exact) mass is 416 g/mol. The van der Waals surface area contributed by atoms with E-state index < -0.39 is 0 Å². The highest BCUT2D eigenvalue weighted by molar-refractivity contribution is 8.00. The van der Waals surface area contributed by atoms with E-state index in [1.807, 2.05) is 12.1 Å². The molecule has 1 N–H and O–H groups in total. The summed E-state index contributed by atoms with van der Waals surface area (Å²) in [4.78, 5) is 11.9. The second kappa shape index (κ2) is 9.37. The van der Waals surface area contributed by atoms with Gasteiger partial charge in [-0.3, -0.25) is 10.1 Å². The third-order valence-corrected chi connectivity index (χ3v) is 5.58. The molecule has 1 amide bonds. The summed E-state index contributed by atoms with van der Waals surface area (Å²) in [6.45, 7) is -0.130. The summed E-state index contributed by atoms with van der Waals surface area (Å²) in [5.41, 5.74) is 1.71. The number of thioether (sulfide) groups is 1. The highest BCUT2D eigenvalue weighted by atomic mass is 35.5. The number of halogens is 1. The van der Waals surface area contributed by atoms with Gasteiger partial charge >= 0.3 is 0 Å². The standard InChI is InChI=1S/C18H13ClN4O2S2/c19-14-5-7-15(8-6-14)25-10-16(24)21-17-22-23-18(27-17)26-11-13-3-1-12(9-20)2-4-13/h1-8H,10-11H2,(H,21,22,24). The third kappa shape index (κ3) is 5.96. The number of hydrogen-bond acceptors (Lipinski definition) is 7. The fourth-order valence-corrected chi connectivity index (χ4v) is 3.82. The lowest BCUT2D eigenvalue weighted by Crippen LogP contribution is -2.20. The first-order valence-electron chi connectivity index (χ1n) is 7.76. The van der Waals surface area contributed by atoms with E-state index in [1.54, 1.807) is 36.4 Å². The predicted molar refractivity (Wildman–Crippen MR) is 106 cm³/mol. The zero-order valence-electron chi connectivity index (χ0n) is 13.9. The molecule has 2 aromatic carbocycles. The Balaban J connectivity index is 1.46. The molecule has 9 heteroatoms. The van der Waals surface area contributed by atoms with Crippen molar-refractivity contribution in [3.63, 3.8) is 0 Å². The van der Waals surface area contributed by atoms with Gasteiger partial charge in [0, 0.05) is 10.8 Å². The molecule has 3 aromatic rings. The molecule has 0 aliphatic rings. The second-order valence-electron chi connectivity index (χ2n) is 5.26. The number of nitriles is 1. The molecule has 0 fully saturated rings. The molecule has 0 aliphatic heterocycles. The maximum atomic E-state index is 11.9. The molecule has 0 saturated carbocycles. The van der Waals surface area contributed by atoms with Gasteiger partial charge in [-0.1, -0.05) is 46.8 Å². The number of carbonyl (C=O) groups is 1. The average molecular weight is 417 g/mol. The lowest BCUT2D eigenvalue weighted by Gasteiger charge is -2.05. The molecule has 0 unspecified atom stereocenters. The molecular weight excluding hydrogens is 404 g/mol. The van der Waals surface area contributed by atoms with Crippen LogP contribution in [0, 0.1) is 11.3 Å². The Morgan fingerprint density at radius 1 is 1.19 bits per heavy atom. The number of amides is 1. The lowest BCUT2D eigenvalue weighted by atomic mass is 10.2. The first kappa shape index (κ1) is 19.2. The van der Waals surface area contributed by atoms with E-state index in [0.717, 1.165) is 9.90 Å². The summed E-state index contributed by atoms with van der Waals surface area (Å²) >= 11 is 8.61. The number of rotatable bonds is 7. The molecule has 0 aliphatic carbocycles. The van der Waals surface area contributed by atoms with Gasteiger partial charge in [0.05, 0.1) is 11.6 Å². The normalized spacial score (nSPS) is 10.2. The summed E-state index contributed by atoms with van der Waals surface area (Å²) in [5.74, 6) is 0.948. The van der Waals surface area contributed by atoms with Crippen LogP contribution < -0.4 is 10.1 Å². The van der Waals surface area contributed by atoms with E-state index in [4.69, 9.17) is 21.6 Å². The minimum atomic E-state index is -0.315. The topological polar surface area (TPSA) is 87.9 Å². The van der Waals surface area contributed by atoms with Crippen molar-refractivity contribution in [2.45, 2.75) is 10.1 Å². The van der Waals surface area contributed by atoms with Crippen LogP contribution in [-0.4, -0.2) is 22.7 Å². The van der Waals surface area contributed by atoms with Gasteiger partial charge < -0.3 is 4.74 Å².